The van der Waals surface area contributed by atoms with Gasteiger partial charge in [-0.2, -0.15) is 4.98 Å². The van der Waals surface area contributed by atoms with Crippen LogP contribution in [0.25, 0.3) is 11.3 Å². The zero-order valence-electron chi connectivity index (χ0n) is 20.1. The van der Waals surface area contributed by atoms with E-state index in [2.05, 4.69) is 14.7 Å². The fourth-order valence-electron chi connectivity index (χ4n) is 3.92. The van der Waals surface area contributed by atoms with Crippen LogP contribution in [0.1, 0.15) is 44.4 Å². The third-order valence-electron chi connectivity index (χ3n) is 5.74. The van der Waals surface area contributed by atoms with Crippen LogP contribution >= 0.6 is 23.2 Å². The molecule has 2 unspecified atom stereocenters. The molecule has 3 aromatic rings. The number of rotatable bonds is 5. The van der Waals surface area contributed by atoms with Gasteiger partial charge in [-0.05, 0) is 44.4 Å². The number of primary amides is 1. The SMILES string of the molecule is CC(C)(C)[S+]([O-])NC1CCN(c2cnc(-c3cccc(Cl)c3Cl)c(OC(N)=O)n2)Cc2ccccc21. The molecule has 8 nitrogen and oxygen atoms in total. The number of nitrogens with one attached hydrogen (secondary N) is 1. The Morgan fingerprint density at radius 2 is 1.97 bits per heavy atom. The minimum atomic E-state index is -1.24. The molecule has 0 saturated heterocycles. The second-order valence-electron chi connectivity index (χ2n) is 9.37. The lowest BCUT2D eigenvalue weighted by molar-refractivity contribution is 0.209. The van der Waals surface area contributed by atoms with Crippen molar-refractivity contribution in [1.29, 1.82) is 0 Å². The van der Waals surface area contributed by atoms with Gasteiger partial charge in [0.15, 0.2) is 5.82 Å². The Bertz CT molecular complexity index is 1270. The summed E-state index contributed by atoms with van der Waals surface area (Å²) < 4.78 is 21.0. The summed E-state index contributed by atoms with van der Waals surface area (Å²) in [5.74, 6) is 0.436. The quantitative estimate of drug-likeness (QED) is 0.410. The van der Waals surface area contributed by atoms with Gasteiger partial charge in [0, 0.05) is 30.0 Å². The molecule has 0 spiro atoms. The van der Waals surface area contributed by atoms with E-state index in [1.165, 1.54) is 0 Å². The maximum absolute atomic E-state index is 12.9. The van der Waals surface area contributed by atoms with E-state index in [9.17, 15) is 9.35 Å². The van der Waals surface area contributed by atoms with Gasteiger partial charge >= 0.3 is 6.09 Å². The van der Waals surface area contributed by atoms with Crippen LogP contribution in [-0.2, 0) is 17.9 Å². The summed E-state index contributed by atoms with van der Waals surface area (Å²) in [5, 5.41) is 0.598. The molecule has 3 N–H and O–H groups in total. The van der Waals surface area contributed by atoms with E-state index in [0.29, 0.717) is 35.9 Å². The molecular formula is C25H27Cl2N5O3S. The predicted octanol–water partition coefficient (Wildman–Crippen LogP) is 5.41. The number of carbonyl (C=O) groups is 1. The average Bonchev–Trinajstić information content (AvgIpc) is 3.00. The van der Waals surface area contributed by atoms with Crippen LogP contribution in [-0.4, -0.2) is 31.9 Å². The predicted molar refractivity (Wildman–Crippen MR) is 144 cm³/mol. The highest BCUT2D eigenvalue weighted by Gasteiger charge is 2.32. The molecule has 1 aliphatic rings. The minimum Gasteiger partial charge on any atom is -0.598 e. The fraction of sp³-hybridized carbons (Fsp3) is 0.320. The summed E-state index contributed by atoms with van der Waals surface area (Å²) in [6.45, 7) is 6.95. The molecule has 2 heterocycles. The zero-order chi connectivity index (χ0) is 26.0. The lowest BCUT2D eigenvalue weighted by Crippen LogP contribution is -2.41. The summed E-state index contributed by atoms with van der Waals surface area (Å²) in [4.78, 5) is 22.8. The number of ether oxygens (including phenoxy) is 1. The minimum absolute atomic E-state index is 0.0646. The topological polar surface area (TPSA) is 116 Å². The summed E-state index contributed by atoms with van der Waals surface area (Å²) in [6, 6.07) is 13.0. The highest BCUT2D eigenvalue weighted by Crippen LogP contribution is 2.38. The molecule has 2 aromatic carbocycles. The van der Waals surface area contributed by atoms with Crippen molar-refractivity contribution in [1.82, 2.24) is 14.7 Å². The second kappa shape index (κ2) is 10.8. The van der Waals surface area contributed by atoms with Crippen molar-refractivity contribution in [2.75, 3.05) is 11.4 Å². The molecule has 1 aliphatic heterocycles. The first-order valence-corrected chi connectivity index (χ1v) is 13.2. The Kier molecular flexibility index (Phi) is 7.96. The number of amides is 1. The third-order valence-corrected chi connectivity index (χ3v) is 8.17. The smallest absolute Gasteiger partial charge is 0.411 e. The fourth-order valence-corrected chi connectivity index (χ4v) is 5.17. The molecule has 190 valence electrons. The number of fused-ring (bicyclic) bond motifs is 1. The molecule has 1 amide bonds. The van der Waals surface area contributed by atoms with Gasteiger partial charge in [0.05, 0.1) is 22.3 Å². The molecule has 4 rings (SSSR count). The molecule has 2 atom stereocenters. The van der Waals surface area contributed by atoms with Gasteiger partial charge < -0.3 is 19.9 Å². The van der Waals surface area contributed by atoms with E-state index < -0.39 is 22.2 Å². The summed E-state index contributed by atoms with van der Waals surface area (Å²) in [7, 11) is 0. The van der Waals surface area contributed by atoms with Crippen molar-refractivity contribution in [3.8, 4) is 17.1 Å². The van der Waals surface area contributed by atoms with Crippen LogP contribution in [0.4, 0.5) is 10.6 Å². The standard InChI is InChI=1S/C25H27Cl2N5O3S/c1-25(2,3)36(34)31-19-11-12-32(14-15-7-4-5-8-16(15)19)20-13-29-22(23(30-20)35-24(28)33)17-9-6-10-18(26)21(17)27/h4-10,13,19,31H,11-12,14H2,1-3H3,(H2,28,33). The maximum atomic E-state index is 12.9. The monoisotopic (exact) mass is 547 g/mol. The Balaban J connectivity index is 1.69. The van der Waals surface area contributed by atoms with E-state index >= 15 is 0 Å². The van der Waals surface area contributed by atoms with Crippen molar-refractivity contribution >= 4 is 46.5 Å². The molecule has 0 aliphatic carbocycles. The number of hydrogen-bond acceptors (Lipinski definition) is 7. The number of hydrogen-bond donors (Lipinski definition) is 2. The summed E-state index contributed by atoms with van der Waals surface area (Å²) >= 11 is 11.3. The van der Waals surface area contributed by atoms with Crippen LogP contribution < -0.4 is 20.1 Å². The van der Waals surface area contributed by atoms with E-state index in [1.54, 1.807) is 24.4 Å². The van der Waals surface area contributed by atoms with Crippen molar-refractivity contribution in [3.05, 3.63) is 69.8 Å². The zero-order valence-corrected chi connectivity index (χ0v) is 22.5. The van der Waals surface area contributed by atoms with Crippen molar-refractivity contribution in [3.63, 3.8) is 0 Å². The lowest BCUT2D eigenvalue weighted by Gasteiger charge is -2.28. The van der Waals surface area contributed by atoms with Crippen molar-refractivity contribution in [2.24, 2.45) is 5.73 Å². The van der Waals surface area contributed by atoms with Crippen LogP contribution in [0.3, 0.4) is 0 Å². The van der Waals surface area contributed by atoms with Crippen molar-refractivity contribution < 1.29 is 14.1 Å². The normalized spacial score (nSPS) is 16.7. The van der Waals surface area contributed by atoms with Gasteiger partial charge in [-0.1, -0.05) is 59.6 Å². The Hall–Kier alpha value is -2.56. The number of halogens is 2. The second-order valence-corrected chi connectivity index (χ2v) is 12.1. The van der Waals surface area contributed by atoms with E-state index in [-0.39, 0.29) is 22.6 Å². The maximum Gasteiger partial charge on any atom is 0.411 e. The number of carbonyl (C=O) groups excluding carboxylic acids is 1. The molecule has 0 fully saturated rings. The summed E-state index contributed by atoms with van der Waals surface area (Å²) in [5.41, 5.74) is 8.19. The first-order valence-electron chi connectivity index (χ1n) is 11.3. The Morgan fingerprint density at radius 3 is 2.69 bits per heavy atom. The molecule has 36 heavy (non-hydrogen) atoms. The molecule has 1 aromatic heterocycles. The lowest BCUT2D eigenvalue weighted by atomic mass is 10.0. The van der Waals surface area contributed by atoms with Crippen LogP contribution in [0.5, 0.6) is 5.88 Å². The third kappa shape index (κ3) is 5.87. The molecule has 0 bridgehead atoms. The van der Waals surface area contributed by atoms with E-state index in [1.807, 2.05) is 49.9 Å². The number of aromatic nitrogens is 2. The highest BCUT2D eigenvalue weighted by molar-refractivity contribution is 7.90. The Labute approximate surface area is 223 Å². The van der Waals surface area contributed by atoms with Crippen molar-refractivity contribution in [2.45, 2.75) is 44.5 Å². The van der Waals surface area contributed by atoms with Crippen LogP contribution in [0, 0.1) is 0 Å². The molecule has 11 heteroatoms. The van der Waals surface area contributed by atoms with Gasteiger partial charge in [-0.25, -0.2) is 9.78 Å². The number of anilines is 1. The van der Waals surface area contributed by atoms with Crippen LogP contribution in [0.2, 0.25) is 10.0 Å². The Morgan fingerprint density at radius 1 is 1.22 bits per heavy atom. The molecular weight excluding hydrogens is 521 g/mol. The van der Waals surface area contributed by atoms with Crippen LogP contribution in [0.15, 0.2) is 48.7 Å². The average molecular weight is 548 g/mol. The summed E-state index contributed by atoms with van der Waals surface area (Å²) in [6.07, 6.45) is 1.26. The van der Waals surface area contributed by atoms with Gasteiger partial charge in [-0.3, -0.25) is 0 Å². The van der Waals surface area contributed by atoms with Gasteiger partial charge in [-0.15, -0.1) is 4.72 Å². The molecule has 0 saturated carbocycles. The first kappa shape index (κ1) is 26.5. The van der Waals surface area contributed by atoms with Gasteiger partial charge in [0.2, 0.25) is 0 Å². The first-order chi connectivity index (χ1) is 17.0. The molecule has 0 radical (unpaired) electrons. The highest BCUT2D eigenvalue weighted by atomic mass is 35.5. The number of benzene rings is 2. The largest absolute Gasteiger partial charge is 0.598 e. The van der Waals surface area contributed by atoms with E-state index in [0.717, 1.165) is 11.1 Å². The number of nitrogens with two attached hydrogens (primary N) is 1. The van der Waals surface area contributed by atoms with E-state index in [4.69, 9.17) is 33.7 Å². The van der Waals surface area contributed by atoms with Gasteiger partial charge in [0.25, 0.3) is 5.88 Å². The number of nitrogens with zero attached hydrogens (tertiary/aromatic N) is 3. The van der Waals surface area contributed by atoms with Gasteiger partial charge in [0.1, 0.15) is 10.4 Å².